The van der Waals surface area contributed by atoms with Crippen LogP contribution in [0.2, 0.25) is 0 Å². The molecule has 2 aliphatic carbocycles. The van der Waals surface area contributed by atoms with Gasteiger partial charge in [0.25, 0.3) is 0 Å². The van der Waals surface area contributed by atoms with E-state index in [4.69, 9.17) is 9.47 Å². The van der Waals surface area contributed by atoms with E-state index < -0.39 is 36.0 Å². The average Bonchev–Trinajstić information content (AvgIpc) is 4.01. The molecule has 0 radical (unpaired) electrons. The second kappa shape index (κ2) is 19.8. The first-order valence-corrected chi connectivity index (χ1v) is 23.0. The molecule has 2 heterocycles. The van der Waals surface area contributed by atoms with Crippen molar-refractivity contribution in [2.75, 3.05) is 23.9 Å². The molecular weight excluding hydrogens is 841 g/mol. The van der Waals surface area contributed by atoms with Crippen molar-refractivity contribution in [2.45, 2.75) is 102 Å². The van der Waals surface area contributed by atoms with E-state index in [0.29, 0.717) is 28.9 Å². The predicted molar refractivity (Wildman–Crippen MR) is 245 cm³/mol. The Hall–Kier alpha value is -6.70. The number of hydrogen-bond donors (Lipinski definition) is 2. The summed E-state index contributed by atoms with van der Waals surface area (Å²) < 4.78 is 11.8. The summed E-state index contributed by atoms with van der Waals surface area (Å²) in [5.41, 5.74) is 5.19. The normalized spacial score (nSPS) is 22.4. The van der Waals surface area contributed by atoms with E-state index in [-0.39, 0.29) is 80.3 Å². The van der Waals surface area contributed by atoms with Gasteiger partial charge in [-0.3, -0.25) is 29.0 Å². The van der Waals surface area contributed by atoms with Crippen molar-refractivity contribution in [1.82, 2.24) is 9.80 Å². The summed E-state index contributed by atoms with van der Waals surface area (Å²) in [6.07, 6.45) is 3.37. The number of carboxylic acid groups (broad SMARTS) is 2. The number of fused-ring (bicyclic) bond motifs is 4. The van der Waals surface area contributed by atoms with E-state index in [2.05, 4.69) is 0 Å². The second-order valence-electron chi connectivity index (χ2n) is 18.4. The zero-order valence-corrected chi connectivity index (χ0v) is 37.7. The molecule has 4 aliphatic rings. The number of rotatable bonds is 14. The maximum atomic E-state index is 14.2. The number of amides is 4. The van der Waals surface area contributed by atoms with Gasteiger partial charge in [0.05, 0.1) is 35.8 Å². The Morgan fingerprint density at radius 3 is 1.68 bits per heavy atom. The Balaban J connectivity index is 0.932. The van der Waals surface area contributed by atoms with Crippen LogP contribution in [0.25, 0.3) is 0 Å². The van der Waals surface area contributed by atoms with Crippen LogP contribution in [0.15, 0.2) is 103 Å². The number of carbonyl (C=O) groups excluding carboxylic acids is 4. The summed E-state index contributed by atoms with van der Waals surface area (Å²) in [6.45, 7) is 1.69. The molecule has 0 bridgehead atoms. The third-order valence-electron chi connectivity index (χ3n) is 14.2. The standard InChI is InChI=1S/C52H58N4O10/c1-32(26-46(58)59)49(60)54(3)48-38-19-8-10-23-42(38)56(44-25-13-21-40(44)48)52(64)66-31-35-17-11-16-34(27-35)28-36(50(61)62)29-45(57)53(2)47-37-18-7-9-22-41(37)55(43-24-12-20-39(43)47)51(63)65-30-33-14-5-4-6-15-33/h4-11,14-19,22-23,27,32,36,39-40,43-44,47-48H,12-13,20-21,24-26,28-31H2,1-3H3,(H,58,59)(H,61,62). The molecule has 0 spiro atoms. The van der Waals surface area contributed by atoms with Crippen LogP contribution in [0.3, 0.4) is 0 Å². The molecule has 4 aromatic carbocycles. The molecule has 8 rings (SSSR count). The molecular formula is C52H58N4O10. The van der Waals surface area contributed by atoms with Crippen molar-refractivity contribution in [3.05, 3.63) is 131 Å². The third-order valence-corrected chi connectivity index (χ3v) is 14.2. The van der Waals surface area contributed by atoms with Crippen LogP contribution in [-0.4, -0.2) is 82.1 Å². The first kappa shape index (κ1) is 45.9. The van der Waals surface area contributed by atoms with Gasteiger partial charge < -0.3 is 29.5 Å². The van der Waals surface area contributed by atoms with Gasteiger partial charge in [0.2, 0.25) is 11.8 Å². The lowest BCUT2D eigenvalue weighted by molar-refractivity contribution is -0.146. The Labute approximate surface area is 385 Å². The Bertz CT molecular complexity index is 2460. The Morgan fingerprint density at radius 1 is 0.621 bits per heavy atom. The van der Waals surface area contributed by atoms with Gasteiger partial charge in [-0.1, -0.05) is 111 Å². The predicted octanol–water partition coefficient (Wildman–Crippen LogP) is 8.78. The number of hydrogen-bond acceptors (Lipinski definition) is 8. The average molecular weight is 899 g/mol. The van der Waals surface area contributed by atoms with Gasteiger partial charge in [-0.15, -0.1) is 0 Å². The van der Waals surface area contributed by atoms with Gasteiger partial charge >= 0.3 is 24.1 Å². The summed E-state index contributed by atoms with van der Waals surface area (Å²) in [7, 11) is 3.44. The summed E-state index contributed by atoms with van der Waals surface area (Å²) in [5.74, 6) is -4.58. The first-order valence-electron chi connectivity index (χ1n) is 23.0. The summed E-state index contributed by atoms with van der Waals surface area (Å²) in [5, 5.41) is 19.8. The fourth-order valence-corrected chi connectivity index (χ4v) is 11.2. The number of carbonyl (C=O) groups is 6. The molecule has 8 unspecified atom stereocenters. The van der Waals surface area contributed by atoms with Crippen molar-refractivity contribution in [3.8, 4) is 0 Å². The first-order chi connectivity index (χ1) is 31.8. The molecule has 0 saturated heterocycles. The minimum Gasteiger partial charge on any atom is -0.481 e. The molecule has 14 heteroatoms. The fourth-order valence-electron chi connectivity index (χ4n) is 11.2. The molecule has 346 valence electrons. The molecule has 66 heavy (non-hydrogen) atoms. The van der Waals surface area contributed by atoms with Crippen LogP contribution in [-0.2, 0) is 48.3 Å². The second-order valence-corrected chi connectivity index (χ2v) is 18.4. The summed E-state index contributed by atoms with van der Waals surface area (Å²) >= 11 is 0. The molecule has 0 aromatic heterocycles. The molecule has 2 N–H and O–H groups in total. The Kier molecular flexibility index (Phi) is 13.8. The zero-order valence-electron chi connectivity index (χ0n) is 37.7. The van der Waals surface area contributed by atoms with Crippen molar-refractivity contribution < 1.29 is 48.5 Å². The van der Waals surface area contributed by atoms with Crippen LogP contribution >= 0.6 is 0 Å². The van der Waals surface area contributed by atoms with Crippen LogP contribution < -0.4 is 9.80 Å². The highest BCUT2D eigenvalue weighted by atomic mass is 16.6. The van der Waals surface area contributed by atoms with E-state index in [9.17, 15) is 39.0 Å². The van der Waals surface area contributed by atoms with Gasteiger partial charge in [-0.05, 0) is 72.1 Å². The highest BCUT2D eigenvalue weighted by Crippen LogP contribution is 2.52. The molecule has 4 aromatic rings. The van der Waals surface area contributed by atoms with E-state index >= 15 is 0 Å². The monoisotopic (exact) mass is 898 g/mol. The maximum Gasteiger partial charge on any atom is 0.414 e. The molecule has 2 aliphatic heterocycles. The van der Waals surface area contributed by atoms with Crippen LogP contribution in [0.5, 0.6) is 0 Å². The van der Waals surface area contributed by atoms with Crippen molar-refractivity contribution in [3.63, 3.8) is 0 Å². The largest absolute Gasteiger partial charge is 0.481 e. The van der Waals surface area contributed by atoms with Gasteiger partial charge in [-0.2, -0.15) is 0 Å². The fraction of sp³-hybridized carbons (Fsp3) is 0.423. The van der Waals surface area contributed by atoms with Crippen molar-refractivity contribution >= 4 is 47.3 Å². The lowest BCUT2D eigenvalue weighted by atomic mass is 9.81. The lowest BCUT2D eigenvalue weighted by Gasteiger charge is -2.46. The van der Waals surface area contributed by atoms with Crippen LogP contribution in [0, 0.1) is 23.7 Å². The molecule has 4 amide bonds. The summed E-state index contributed by atoms with van der Waals surface area (Å²) in [6, 6.07) is 30.6. The SMILES string of the molecule is CC(CC(=O)O)C(=O)N(C)C1c2ccccc2N(C(=O)OCc2cccc(CC(CC(=O)N(C)C3c4ccccc4N(C(=O)OCc4ccccc4)C4CCCC34)C(=O)O)c2)C2CCCC12. The van der Waals surface area contributed by atoms with Crippen molar-refractivity contribution in [2.24, 2.45) is 23.7 Å². The molecule has 14 nitrogen and oxygen atoms in total. The van der Waals surface area contributed by atoms with Gasteiger partial charge in [0.1, 0.15) is 13.2 Å². The van der Waals surface area contributed by atoms with E-state index in [1.807, 2.05) is 84.9 Å². The number of aliphatic carboxylic acids is 2. The van der Waals surface area contributed by atoms with Crippen molar-refractivity contribution in [1.29, 1.82) is 0 Å². The number of benzene rings is 4. The minimum atomic E-state index is -1.10. The zero-order chi connectivity index (χ0) is 46.6. The third kappa shape index (κ3) is 9.36. The number of ether oxygens (including phenoxy) is 2. The van der Waals surface area contributed by atoms with Gasteiger partial charge in [-0.25, -0.2) is 9.59 Å². The number of carboxylic acids is 2. The quantitative estimate of drug-likeness (QED) is 0.125. The molecule has 8 atom stereocenters. The Morgan fingerprint density at radius 2 is 1.12 bits per heavy atom. The highest BCUT2D eigenvalue weighted by molar-refractivity contribution is 5.92. The molecule has 2 fully saturated rings. The minimum absolute atomic E-state index is 0.0648. The highest BCUT2D eigenvalue weighted by Gasteiger charge is 2.50. The number of anilines is 2. The number of para-hydroxylation sites is 2. The maximum absolute atomic E-state index is 14.2. The topological polar surface area (TPSA) is 174 Å². The van der Waals surface area contributed by atoms with Crippen LogP contribution in [0.4, 0.5) is 21.0 Å². The summed E-state index contributed by atoms with van der Waals surface area (Å²) in [4.78, 5) is 86.5. The molecule has 2 saturated carbocycles. The lowest BCUT2D eigenvalue weighted by Crippen LogP contribution is -2.52. The van der Waals surface area contributed by atoms with Crippen LogP contribution in [0.1, 0.15) is 98.2 Å². The van der Waals surface area contributed by atoms with E-state index in [1.54, 1.807) is 58.8 Å². The van der Waals surface area contributed by atoms with E-state index in [1.165, 1.54) is 0 Å². The van der Waals surface area contributed by atoms with Gasteiger partial charge in [0, 0.05) is 50.4 Å². The van der Waals surface area contributed by atoms with E-state index in [0.717, 1.165) is 48.8 Å². The van der Waals surface area contributed by atoms with Gasteiger partial charge in [0.15, 0.2) is 0 Å². The number of nitrogens with zero attached hydrogens (tertiary/aromatic N) is 4. The smallest absolute Gasteiger partial charge is 0.414 e.